The number of alkyl carbamates (subject to hydrolysis) is 1. The Labute approximate surface area is 192 Å². The summed E-state index contributed by atoms with van der Waals surface area (Å²) in [5.41, 5.74) is 4.31. The van der Waals surface area contributed by atoms with Gasteiger partial charge in [0.2, 0.25) is 5.91 Å². The maximum absolute atomic E-state index is 12.9. The lowest BCUT2D eigenvalue weighted by Crippen LogP contribution is -2.51. The summed E-state index contributed by atoms with van der Waals surface area (Å²) in [5, 5.41) is 21.0. The van der Waals surface area contributed by atoms with Crippen molar-refractivity contribution in [1.82, 2.24) is 10.2 Å². The molecule has 1 atom stereocenters. The lowest BCUT2D eigenvalue weighted by atomic mass is 9.98. The van der Waals surface area contributed by atoms with Crippen molar-refractivity contribution in [1.29, 1.82) is 0 Å². The lowest BCUT2D eigenvalue weighted by molar-refractivity contribution is -0.142. The minimum atomic E-state index is -1.26. The predicted octanol–water partition coefficient (Wildman–Crippen LogP) is 2.60. The Hall–Kier alpha value is -3.39. The third kappa shape index (κ3) is 5.34. The summed E-state index contributed by atoms with van der Waals surface area (Å²) in [6.07, 6.45) is 0.596. The molecular formula is C25H28N2O6. The summed E-state index contributed by atoms with van der Waals surface area (Å²) in [6, 6.07) is 14.6. The molecule has 8 heteroatoms. The second kappa shape index (κ2) is 10.0. The minimum absolute atomic E-state index is 0.0657. The molecule has 1 fully saturated rings. The Balaban J connectivity index is 1.42. The average Bonchev–Trinajstić information content (AvgIpc) is 3.57. The first kappa shape index (κ1) is 22.8. The van der Waals surface area contributed by atoms with Gasteiger partial charge in [-0.25, -0.2) is 4.79 Å². The van der Waals surface area contributed by atoms with E-state index in [2.05, 4.69) is 5.32 Å². The van der Waals surface area contributed by atoms with Gasteiger partial charge in [0.15, 0.2) is 0 Å². The van der Waals surface area contributed by atoms with Crippen LogP contribution in [0, 0.1) is 5.92 Å². The number of amides is 2. The van der Waals surface area contributed by atoms with Gasteiger partial charge in [0.25, 0.3) is 0 Å². The summed E-state index contributed by atoms with van der Waals surface area (Å²) in [4.78, 5) is 38.3. The van der Waals surface area contributed by atoms with Gasteiger partial charge in [-0.3, -0.25) is 9.59 Å². The SMILES string of the molecule is O=C(O)CC(NC(=O)OCC1c2ccccc2-c2ccccc21)C(=O)N(CCO)CC1CC1. The molecule has 0 bridgehead atoms. The van der Waals surface area contributed by atoms with E-state index in [0.717, 1.165) is 35.1 Å². The standard InChI is InChI=1S/C25H28N2O6/c28-12-11-27(14-16-9-10-16)24(31)22(13-23(29)30)26-25(32)33-15-21-19-7-3-1-5-17(19)18-6-2-4-8-20(18)21/h1-8,16,21-22,28H,9-15H2,(H,26,32)(H,29,30). The number of benzene rings is 2. The molecule has 2 aliphatic rings. The van der Waals surface area contributed by atoms with Crippen molar-refractivity contribution in [3.8, 4) is 11.1 Å². The number of hydrogen-bond donors (Lipinski definition) is 3. The van der Waals surface area contributed by atoms with Gasteiger partial charge in [0.05, 0.1) is 13.0 Å². The van der Waals surface area contributed by atoms with Gasteiger partial charge in [-0.15, -0.1) is 0 Å². The molecule has 0 saturated heterocycles. The number of aliphatic hydroxyl groups is 1. The molecule has 2 amide bonds. The zero-order valence-electron chi connectivity index (χ0n) is 18.3. The van der Waals surface area contributed by atoms with E-state index in [9.17, 15) is 24.6 Å². The van der Waals surface area contributed by atoms with E-state index >= 15 is 0 Å². The van der Waals surface area contributed by atoms with Gasteiger partial charge in [-0.1, -0.05) is 48.5 Å². The van der Waals surface area contributed by atoms with Gasteiger partial charge in [0, 0.05) is 19.0 Å². The quantitative estimate of drug-likeness (QED) is 0.510. The van der Waals surface area contributed by atoms with Crippen LogP contribution < -0.4 is 5.32 Å². The molecule has 0 aliphatic heterocycles. The fourth-order valence-electron chi connectivity index (χ4n) is 4.40. The van der Waals surface area contributed by atoms with Crippen LogP contribution in [-0.4, -0.2) is 65.4 Å². The Kier molecular flexibility index (Phi) is 6.93. The molecule has 8 nitrogen and oxygen atoms in total. The molecule has 1 saturated carbocycles. The second-order valence-electron chi connectivity index (χ2n) is 8.57. The summed E-state index contributed by atoms with van der Waals surface area (Å²) in [6.45, 7) is 0.374. The monoisotopic (exact) mass is 452 g/mol. The topological polar surface area (TPSA) is 116 Å². The number of carbonyl (C=O) groups is 3. The van der Waals surface area contributed by atoms with E-state index in [-0.39, 0.29) is 25.7 Å². The largest absolute Gasteiger partial charge is 0.481 e. The number of ether oxygens (including phenoxy) is 1. The molecule has 174 valence electrons. The van der Waals surface area contributed by atoms with Crippen molar-refractivity contribution in [2.75, 3.05) is 26.3 Å². The van der Waals surface area contributed by atoms with E-state index in [1.54, 1.807) is 0 Å². The number of nitrogens with one attached hydrogen (secondary N) is 1. The Bertz CT molecular complexity index is 990. The van der Waals surface area contributed by atoms with Crippen molar-refractivity contribution in [2.24, 2.45) is 5.92 Å². The first-order valence-electron chi connectivity index (χ1n) is 11.2. The zero-order valence-corrected chi connectivity index (χ0v) is 18.3. The Morgan fingerprint density at radius 3 is 2.18 bits per heavy atom. The van der Waals surface area contributed by atoms with Crippen LogP contribution in [0.2, 0.25) is 0 Å². The lowest BCUT2D eigenvalue weighted by Gasteiger charge is -2.26. The highest BCUT2D eigenvalue weighted by Crippen LogP contribution is 2.44. The fraction of sp³-hybridized carbons (Fsp3) is 0.400. The van der Waals surface area contributed by atoms with Gasteiger partial charge >= 0.3 is 12.1 Å². The van der Waals surface area contributed by atoms with Crippen molar-refractivity contribution >= 4 is 18.0 Å². The van der Waals surface area contributed by atoms with Crippen molar-refractivity contribution < 1.29 is 29.3 Å². The number of nitrogens with zero attached hydrogens (tertiary/aromatic N) is 1. The van der Waals surface area contributed by atoms with Crippen LogP contribution in [0.5, 0.6) is 0 Å². The van der Waals surface area contributed by atoms with E-state index in [1.807, 2.05) is 48.5 Å². The molecule has 0 aromatic heterocycles. The molecule has 0 heterocycles. The highest BCUT2D eigenvalue weighted by molar-refractivity contribution is 5.89. The maximum atomic E-state index is 12.9. The summed E-state index contributed by atoms with van der Waals surface area (Å²) < 4.78 is 5.47. The van der Waals surface area contributed by atoms with Crippen LogP contribution in [0.15, 0.2) is 48.5 Å². The van der Waals surface area contributed by atoms with Crippen molar-refractivity contribution in [3.05, 3.63) is 59.7 Å². The maximum Gasteiger partial charge on any atom is 0.407 e. The molecule has 4 rings (SSSR count). The summed E-state index contributed by atoms with van der Waals surface area (Å²) >= 11 is 0. The highest BCUT2D eigenvalue weighted by atomic mass is 16.5. The van der Waals surface area contributed by atoms with Crippen molar-refractivity contribution in [2.45, 2.75) is 31.2 Å². The van der Waals surface area contributed by atoms with Crippen LogP contribution in [0.25, 0.3) is 11.1 Å². The predicted molar refractivity (Wildman–Crippen MR) is 121 cm³/mol. The first-order chi connectivity index (χ1) is 16.0. The number of aliphatic carboxylic acids is 1. The molecule has 2 aromatic carbocycles. The molecular weight excluding hydrogens is 424 g/mol. The number of fused-ring (bicyclic) bond motifs is 3. The van der Waals surface area contributed by atoms with E-state index in [0.29, 0.717) is 12.5 Å². The van der Waals surface area contributed by atoms with E-state index < -0.39 is 30.4 Å². The Morgan fingerprint density at radius 2 is 1.64 bits per heavy atom. The number of aliphatic hydroxyl groups excluding tert-OH is 1. The third-order valence-electron chi connectivity index (χ3n) is 6.17. The van der Waals surface area contributed by atoms with Crippen LogP contribution >= 0.6 is 0 Å². The normalized spacial score (nSPS) is 15.3. The summed E-state index contributed by atoms with van der Waals surface area (Å²) in [5.74, 6) is -1.51. The molecule has 2 aromatic rings. The summed E-state index contributed by atoms with van der Waals surface area (Å²) in [7, 11) is 0. The van der Waals surface area contributed by atoms with E-state index in [1.165, 1.54) is 4.90 Å². The van der Waals surface area contributed by atoms with Crippen LogP contribution in [0.1, 0.15) is 36.3 Å². The number of carboxylic acids is 1. The number of rotatable bonds is 10. The molecule has 0 spiro atoms. The molecule has 33 heavy (non-hydrogen) atoms. The van der Waals surface area contributed by atoms with E-state index in [4.69, 9.17) is 4.74 Å². The molecule has 2 aliphatic carbocycles. The van der Waals surface area contributed by atoms with Crippen LogP contribution in [0.3, 0.4) is 0 Å². The number of hydrogen-bond acceptors (Lipinski definition) is 5. The second-order valence-corrected chi connectivity index (χ2v) is 8.57. The average molecular weight is 453 g/mol. The first-order valence-corrected chi connectivity index (χ1v) is 11.2. The van der Waals surface area contributed by atoms with Gasteiger partial charge < -0.3 is 25.2 Å². The molecule has 1 unspecified atom stereocenters. The van der Waals surface area contributed by atoms with Crippen molar-refractivity contribution in [3.63, 3.8) is 0 Å². The minimum Gasteiger partial charge on any atom is -0.481 e. The zero-order chi connectivity index (χ0) is 23.4. The highest BCUT2D eigenvalue weighted by Gasteiger charge is 2.33. The van der Waals surface area contributed by atoms with Crippen LogP contribution in [-0.2, 0) is 14.3 Å². The Morgan fingerprint density at radius 1 is 1.03 bits per heavy atom. The van der Waals surface area contributed by atoms with Gasteiger partial charge in [-0.05, 0) is 41.0 Å². The smallest absolute Gasteiger partial charge is 0.407 e. The third-order valence-corrected chi connectivity index (χ3v) is 6.17. The van der Waals surface area contributed by atoms with Crippen LogP contribution in [0.4, 0.5) is 4.79 Å². The van der Waals surface area contributed by atoms with Gasteiger partial charge in [0.1, 0.15) is 12.6 Å². The number of carboxylic acid groups (broad SMARTS) is 1. The fourth-order valence-corrected chi connectivity index (χ4v) is 4.40. The number of carbonyl (C=O) groups excluding carboxylic acids is 2. The molecule has 0 radical (unpaired) electrons. The molecule has 3 N–H and O–H groups in total. The van der Waals surface area contributed by atoms with Gasteiger partial charge in [-0.2, -0.15) is 0 Å².